The number of amides is 1. The number of carbonyl (C=O) groups excluding carboxylic acids is 1. The number of aromatic nitrogens is 2. The summed E-state index contributed by atoms with van der Waals surface area (Å²) in [5.74, 6) is -0.422. The van der Waals surface area contributed by atoms with Gasteiger partial charge in [0.2, 0.25) is 0 Å². The summed E-state index contributed by atoms with van der Waals surface area (Å²) in [7, 11) is 0. The largest absolute Gasteiger partial charge is 0.396 e. The van der Waals surface area contributed by atoms with Crippen LogP contribution in [0, 0.1) is 12.3 Å². The molecular formula is C13H21N3O3. The van der Waals surface area contributed by atoms with Gasteiger partial charge < -0.3 is 5.11 Å². The zero-order valence-electron chi connectivity index (χ0n) is 11.8. The van der Waals surface area contributed by atoms with Crippen LogP contribution in [0.3, 0.4) is 0 Å². The van der Waals surface area contributed by atoms with Gasteiger partial charge in [-0.25, -0.2) is 5.06 Å². The standard InChI is InChI=1S/C13H21N3O3/c1-9-7-14-8-10(15-9)11(5-6-17)16(19)12(18)13(2,3)4/h7-8,11,17,19H,5-6H2,1-4H3/t11-/m0/s1. The van der Waals surface area contributed by atoms with Crippen LogP contribution >= 0.6 is 0 Å². The fraction of sp³-hybridized carbons (Fsp3) is 0.615. The van der Waals surface area contributed by atoms with Crippen molar-refractivity contribution in [3.8, 4) is 0 Å². The Morgan fingerprint density at radius 1 is 1.42 bits per heavy atom. The first-order valence-electron chi connectivity index (χ1n) is 6.19. The highest BCUT2D eigenvalue weighted by atomic mass is 16.5. The lowest BCUT2D eigenvalue weighted by molar-refractivity contribution is -0.187. The van der Waals surface area contributed by atoms with E-state index in [-0.39, 0.29) is 13.0 Å². The van der Waals surface area contributed by atoms with Crippen molar-refractivity contribution >= 4 is 5.91 Å². The Hall–Kier alpha value is -1.53. The SMILES string of the molecule is Cc1cncc([C@H](CCO)N(O)C(=O)C(C)(C)C)n1. The van der Waals surface area contributed by atoms with Gasteiger partial charge in [-0.05, 0) is 13.3 Å². The lowest BCUT2D eigenvalue weighted by atomic mass is 9.94. The highest BCUT2D eigenvalue weighted by Gasteiger charge is 2.32. The second-order valence-electron chi connectivity index (χ2n) is 5.51. The molecule has 0 aliphatic heterocycles. The van der Waals surface area contributed by atoms with Crippen LogP contribution in [0.4, 0.5) is 0 Å². The monoisotopic (exact) mass is 267 g/mol. The fourth-order valence-electron chi connectivity index (χ4n) is 1.65. The number of rotatable bonds is 4. The van der Waals surface area contributed by atoms with Gasteiger partial charge in [-0.2, -0.15) is 0 Å². The van der Waals surface area contributed by atoms with Gasteiger partial charge >= 0.3 is 0 Å². The fourth-order valence-corrected chi connectivity index (χ4v) is 1.65. The molecule has 19 heavy (non-hydrogen) atoms. The average Bonchev–Trinajstić information content (AvgIpc) is 2.33. The van der Waals surface area contributed by atoms with Crippen molar-refractivity contribution in [2.24, 2.45) is 5.41 Å². The van der Waals surface area contributed by atoms with Crippen molar-refractivity contribution in [3.63, 3.8) is 0 Å². The van der Waals surface area contributed by atoms with Crippen LogP contribution < -0.4 is 0 Å². The molecule has 6 nitrogen and oxygen atoms in total. The molecule has 1 atom stereocenters. The molecule has 106 valence electrons. The molecule has 2 N–H and O–H groups in total. The van der Waals surface area contributed by atoms with Gasteiger partial charge in [-0.1, -0.05) is 20.8 Å². The van der Waals surface area contributed by atoms with E-state index in [2.05, 4.69) is 9.97 Å². The molecule has 0 unspecified atom stereocenters. The Balaban J connectivity index is 3.04. The maximum Gasteiger partial charge on any atom is 0.251 e. The summed E-state index contributed by atoms with van der Waals surface area (Å²) in [6.07, 6.45) is 3.29. The highest BCUT2D eigenvalue weighted by molar-refractivity contribution is 5.80. The smallest absolute Gasteiger partial charge is 0.251 e. The van der Waals surface area contributed by atoms with Crippen molar-refractivity contribution < 1.29 is 15.1 Å². The molecule has 0 fully saturated rings. The number of hydrogen-bond acceptors (Lipinski definition) is 5. The highest BCUT2D eigenvalue weighted by Crippen LogP contribution is 2.26. The lowest BCUT2D eigenvalue weighted by Crippen LogP contribution is -2.40. The number of nitrogens with zero attached hydrogens (tertiary/aromatic N) is 3. The number of aryl methyl sites for hydroxylation is 1. The van der Waals surface area contributed by atoms with E-state index in [1.165, 1.54) is 6.20 Å². The van der Waals surface area contributed by atoms with Gasteiger partial charge in [0, 0.05) is 18.2 Å². The van der Waals surface area contributed by atoms with Crippen LogP contribution in [0.1, 0.15) is 44.6 Å². The van der Waals surface area contributed by atoms with Gasteiger partial charge in [0.1, 0.15) is 6.04 Å². The number of hydroxylamine groups is 2. The summed E-state index contributed by atoms with van der Waals surface area (Å²) in [6.45, 7) is 6.78. The van der Waals surface area contributed by atoms with E-state index >= 15 is 0 Å². The molecule has 1 rings (SSSR count). The summed E-state index contributed by atoms with van der Waals surface area (Å²) >= 11 is 0. The summed E-state index contributed by atoms with van der Waals surface area (Å²) in [6, 6.07) is -0.691. The number of hydrogen-bond donors (Lipinski definition) is 2. The van der Waals surface area contributed by atoms with Gasteiger partial charge in [0.05, 0.1) is 17.6 Å². The molecule has 0 saturated carbocycles. The van der Waals surface area contributed by atoms with Crippen molar-refractivity contribution in [1.82, 2.24) is 15.0 Å². The molecule has 0 aromatic carbocycles. The Morgan fingerprint density at radius 3 is 2.53 bits per heavy atom. The quantitative estimate of drug-likeness (QED) is 0.637. The molecule has 0 radical (unpaired) electrons. The van der Waals surface area contributed by atoms with E-state index in [4.69, 9.17) is 5.11 Å². The molecule has 1 aromatic heterocycles. The van der Waals surface area contributed by atoms with Gasteiger partial charge in [-0.15, -0.1) is 0 Å². The Bertz CT molecular complexity index is 443. The van der Waals surface area contributed by atoms with E-state index in [0.717, 1.165) is 0 Å². The molecule has 0 saturated heterocycles. The maximum absolute atomic E-state index is 12.1. The van der Waals surface area contributed by atoms with Crippen LogP contribution in [0.15, 0.2) is 12.4 Å². The Kier molecular flexibility index (Phi) is 4.97. The predicted molar refractivity (Wildman–Crippen MR) is 69.3 cm³/mol. The normalized spacial score (nSPS) is 13.2. The van der Waals surface area contributed by atoms with Crippen LogP contribution in [-0.4, -0.2) is 37.9 Å². The number of carbonyl (C=O) groups is 1. The van der Waals surface area contributed by atoms with Crippen LogP contribution in [-0.2, 0) is 4.79 Å². The molecule has 1 aromatic rings. The molecule has 0 bridgehead atoms. The Labute approximate surface area is 113 Å². The van der Waals surface area contributed by atoms with Crippen molar-refractivity contribution in [2.75, 3.05) is 6.61 Å². The average molecular weight is 267 g/mol. The summed E-state index contributed by atoms with van der Waals surface area (Å²) in [5, 5.41) is 19.8. The molecule has 0 spiro atoms. The third kappa shape index (κ3) is 3.97. The zero-order valence-corrected chi connectivity index (χ0v) is 11.8. The zero-order chi connectivity index (χ0) is 14.6. The molecular weight excluding hydrogens is 246 g/mol. The molecule has 1 amide bonds. The van der Waals surface area contributed by atoms with Crippen LogP contribution in [0.2, 0.25) is 0 Å². The summed E-state index contributed by atoms with van der Waals surface area (Å²) in [4.78, 5) is 20.3. The second-order valence-corrected chi connectivity index (χ2v) is 5.51. The lowest BCUT2D eigenvalue weighted by Gasteiger charge is -2.30. The summed E-state index contributed by atoms with van der Waals surface area (Å²) in [5.41, 5.74) is 0.450. The topological polar surface area (TPSA) is 86.5 Å². The van der Waals surface area contributed by atoms with E-state index in [1.807, 2.05) is 0 Å². The molecule has 6 heteroatoms. The van der Waals surface area contributed by atoms with Crippen molar-refractivity contribution in [1.29, 1.82) is 0 Å². The summed E-state index contributed by atoms with van der Waals surface area (Å²) < 4.78 is 0. The van der Waals surface area contributed by atoms with E-state index in [9.17, 15) is 10.0 Å². The van der Waals surface area contributed by atoms with Crippen LogP contribution in [0.25, 0.3) is 0 Å². The van der Waals surface area contributed by atoms with Crippen LogP contribution in [0.5, 0.6) is 0 Å². The minimum atomic E-state index is -0.709. The van der Waals surface area contributed by atoms with E-state index in [0.29, 0.717) is 16.5 Å². The number of aliphatic hydroxyl groups excluding tert-OH is 1. The van der Waals surface area contributed by atoms with Gasteiger partial charge in [0.15, 0.2) is 0 Å². The van der Waals surface area contributed by atoms with E-state index in [1.54, 1.807) is 33.9 Å². The third-order valence-electron chi connectivity index (χ3n) is 2.66. The minimum absolute atomic E-state index is 0.158. The first kappa shape index (κ1) is 15.5. The molecule has 0 aliphatic carbocycles. The third-order valence-corrected chi connectivity index (χ3v) is 2.66. The maximum atomic E-state index is 12.1. The van der Waals surface area contributed by atoms with Crippen molar-refractivity contribution in [2.45, 2.75) is 40.2 Å². The predicted octanol–water partition coefficient (Wildman–Crippen LogP) is 1.47. The first-order valence-corrected chi connectivity index (χ1v) is 6.19. The van der Waals surface area contributed by atoms with Gasteiger partial charge in [0.25, 0.3) is 5.91 Å². The minimum Gasteiger partial charge on any atom is -0.396 e. The Morgan fingerprint density at radius 2 is 2.05 bits per heavy atom. The second kappa shape index (κ2) is 6.08. The molecule has 1 heterocycles. The van der Waals surface area contributed by atoms with E-state index < -0.39 is 17.4 Å². The first-order chi connectivity index (χ1) is 8.77. The van der Waals surface area contributed by atoms with Gasteiger partial charge in [-0.3, -0.25) is 20.0 Å². The molecule has 0 aliphatic rings. The number of aliphatic hydroxyl groups is 1. The van der Waals surface area contributed by atoms with Crippen molar-refractivity contribution in [3.05, 3.63) is 23.8 Å².